The highest BCUT2D eigenvalue weighted by molar-refractivity contribution is 6.30. The van der Waals surface area contributed by atoms with E-state index in [1.54, 1.807) is 36.1 Å². The van der Waals surface area contributed by atoms with Crippen LogP contribution in [0.2, 0.25) is 5.02 Å². The van der Waals surface area contributed by atoms with Gasteiger partial charge in [-0.3, -0.25) is 9.69 Å². The molecule has 0 saturated carbocycles. The number of hydrogen-bond acceptors (Lipinski definition) is 1. The molecule has 4 heteroatoms. The van der Waals surface area contributed by atoms with Crippen molar-refractivity contribution in [1.82, 2.24) is 0 Å². The first-order valence-electron chi connectivity index (χ1n) is 8.88. The van der Waals surface area contributed by atoms with E-state index >= 15 is 0 Å². The number of carbonyl (C=O) groups excluding carboxylic acids is 1. The maximum atomic E-state index is 13.8. The summed E-state index contributed by atoms with van der Waals surface area (Å²) in [6, 6.07) is 21.7. The summed E-state index contributed by atoms with van der Waals surface area (Å²) in [6.07, 6.45) is 3.70. The molecule has 0 N–H and O–H groups in total. The van der Waals surface area contributed by atoms with Crippen LogP contribution in [0.5, 0.6) is 0 Å². The van der Waals surface area contributed by atoms with Crippen molar-refractivity contribution in [3.05, 3.63) is 112 Å². The number of hydrogen-bond donors (Lipinski definition) is 0. The van der Waals surface area contributed by atoms with Gasteiger partial charge in [-0.2, -0.15) is 0 Å². The first kappa shape index (κ1) is 18.2. The van der Waals surface area contributed by atoms with Gasteiger partial charge in [-0.25, -0.2) is 4.39 Å². The minimum absolute atomic E-state index is 0.153. The molecule has 0 aromatic heterocycles. The van der Waals surface area contributed by atoms with Gasteiger partial charge in [0.05, 0.1) is 5.70 Å². The second-order valence-electron chi connectivity index (χ2n) is 6.62. The van der Waals surface area contributed by atoms with Crippen molar-refractivity contribution >= 4 is 35.0 Å². The van der Waals surface area contributed by atoms with Gasteiger partial charge in [-0.1, -0.05) is 54.1 Å². The second kappa shape index (κ2) is 7.45. The Morgan fingerprint density at radius 3 is 2.36 bits per heavy atom. The molecule has 0 fully saturated rings. The molecule has 3 aromatic rings. The molecule has 0 spiro atoms. The molecule has 2 nitrogen and oxygen atoms in total. The summed E-state index contributed by atoms with van der Waals surface area (Å²) in [6.45, 7) is 1.69. The number of nitrogens with zero attached hydrogens (tertiary/aromatic N) is 1. The van der Waals surface area contributed by atoms with Crippen LogP contribution in [0.1, 0.15) is 16.7 Å². The van der Waals surface area contributed by atoms with Crippen molar-refractivity contribution < 1.29 is 9.18 Å². The number of halogens is 2. The number of anilines is 1. The molecular formula is C24H17ClFNO. The van der Waals surface area contributed by atoms with E-state index in [2.05, 4.69) is 0 Å². The fraction of sp³-hybridized carbons (Fsp3) is 0.0417. The third-order valence-corrected chi connectivity index (χ3v) is 4.90. The molecule has 0 aliphatic carbocycles. The predicted molar refractivity (Wildman–Crippen MR) is 112 cm³/mol. The average Bonchev–Trinajstić information content (AvgIpc) is 3.03. The molecule has 1 aliphatic rings. The maximum absolute atomic E-state index is 13.8. The fourth-order valence-corrected chi connectivity index (χ4v) is 3.33. The Bertz CT molecular complexity index is 1100. The largest absolute Gasteiger partial charge is 0.276 e. The highest BCUT2D eigenvalue weighted by Gasteiger charge is 2.30. The molecule has 0 atom stereocenters. The third kappa shape index (κ3) is 3.49. The Morgan fingerprint density at radius 2 is 1.68 bits per heavy atom. The first-order valence-corrected chi connectivity index (χ1v) is 9.26. The van der Waals surface area contributed by atoms with Crippen LogP contribution in [0, 0.1) is 12.7 Å². The van der Waals surface area contributed by atoms with E-state index in [1.165, 1.54) is 6.07 Å². The van der Waals surface area contributed by atoms with E-state index in [-0.39, 0.29) is 11.7 Å². The predicted octanol–water partition coefficient (Wildman–Crippen LogP) is 6.26. The zero-order valence-corrected chi connectivity index (χ0v) is 16.0. The van der Waals surface area contributed by atoms with Crippen LogP contribution in [0.3, 0.4) is 0 Å². The first-order chi connectivity index (χ1) is 13.5. The Labute approximate surface area is 168 Å². The minimum Gasteiger partial charge on any atom is -0.276 e. The van der Waals surface area contributed by atoms with E-state index in [1.807, 2.05) is 54.6 Å². The Morgan fingerprint density at radius 1 is 0.964 bits per heavy atom. The normalized spacial score (nSPS) is 15.2. The lowest BCUT2D eigenvalue weighted by Crippen LogP contribution is -2.25. The molecule has 0 unspecified atom stereocenters. The SMILES string of the molecule is Cc1cc(N2C(=O)/C(=C/c3ccc(Cl)cc3)C=C2c2ccccc2)ccc1F. The van der Waals surface area contributed by atoms with Crippen LogP contribution in [0.25, 0.3) is 11.8 Å². The van der Waals surface area contributed by atoms with E-state index in [0.29, 0.717) is 21.8 Å². The average molecular weight is 390 g/mol. The lowest BCUT2D eigenvalue weighted by atomic mass is 10.1. The summed E-state index contributed by atoms with van der Waals surface area (Å²) < 4.78 is 13.8. The lowest BCUT2D eigenvalue weighted by molar-refractivity contribution is -0.113. The van der Waals surface area contributed by atoms with Crippen molar-refractivity contribution in [3.8, 4) is 0 Å². The van der Waals surface area contributed by atoms with Crippen LogP contribution >= 0.6 is 11.6 Å². The van der Waals surface area contributed by atoms with Gasteiger partial charge in [0, 0.05) is 16.3 Å². The number of carbonyl (C=O) groups is 1. The Hall–Kier alpha value is -3.17. The van der Waals surface area contributed by atoms with E-state index < -0.39 is 0 Å². The van der Waals surface area contributed by atoms with E-state index in [4.69, 9.17) is 11.6 Å². The van der Waals surface area contributed by atoms with Crippen molar-refractivity contribution in [2.24, 2.45) is 0 Å². The third-order valence-electron chi connectivity index (χ3n) is 4.64. The Balaban J connectivity index is 1.82. The van der Waals surface area contributed by atoms with Gasteiger partial charge in [0.2, 0.25) is 0 Å². The molecule has 1 aliphatic heterocycles. The van der Waals surface area contributed by atoms with Gasteiger partial charge < -0.3 is 0 Å². The van der Waals surface area contributed by atoms with Crippen LogP contribution in [-0.2, 0) is 4.79 Å². The van der Waals surface area contributed by atoms with Crippen molar-refractivity contribution in [2.75, 3.05) is 4.90 Å². The molecule has 3 aromatic carbocycles. The number of amides is 1. The molecule has 0 bridgehead atoms. The molecule has 28 heavy (non-hydrogen) atoms. The molecule has 1 heterocycles. The van der Waals surface area contributed by atoms with Crippen LogP contribution in [-0.4, -0.2) is 5.91 Å². The molecule has 0 saturated heterocycles. The maximum Gasteiger partial charge on any atom is 0.262 e. The molecular weight excluding hydrogens is 373 g/mol. The number of aryl methyl sites for hydroxylation is 1. The number of rotatable bonds is 3. The Kier molecular flexibility index (Phi) is 4.84. The second-order valence-corrected chi connectivity index (χ2v) is 7.06. The summed E-state index contributed by atoms with van der Waals surface area (Å²) in [5, 5.41) is 0.642. The van der Waals surface area contributed by atoms with Crippen molar-refractivity contribution in [3.63, 3.8) is 0 Å². The molecule has 1 amide bonds. The van der Waals surface area contributed by atoms with Crippen molar-refractivity contribution in [1.29, 1.82) is 0 Å². The summed E-state index contributed by atoms with van der Waals surface area (Å²) in [5.41, 5.74) is 4.25. The summed E-state index contributed by atoms with van der Waals surface area (Å²) in [7, 11) is 0. The number of benzene rings is 3. The quantitative estimate of drug-likeness (QED) is 0.484. The molecule has 0 radical (unpaired) electrons. The van der Waals surface area contributed by atoms with Gasteiger partial charge in [-0.05, 0) is 66.1 Å². The van der Waals surface area contributed by atoms with Gasteiger partial charge in [-0.15, -0.1) is 0 Å². The van der Waals surface area contributed by atoms with Crippen LogP contribution in [0.15, 0.2) is 84.4 Å². The highest BCUT2D eigenvalue weighted by Crippen LogP contribution is 2.35. The zero-order chi connectivity index (χ0) is 19.7. The summed E-state index contributed by atoms with van der Waals surface area (Å²) >= 11 is 5.95. The lowest BCUT2D eigenvalue weighted by Gasteiger charge is -2.21. The molecule has 138 valence electrons. The van der Waals surface area contributed by atoms with Gasteiger partial charge in [0.25, 0.3) is 5.91 Å². The highest BCUT2D eigenvalue weighted by atomic mass is 35.5. The van der Waals surface area contributed by atoms with Gasteiger partial charge in [0.1, 0.15) is 5.82 Å². The van der Waals surface area contributed by atoms with Crippen molar-refractivity contribution in [2.45, 2.75) is 6.92 Å². The monoisotopic (exact) mass is 389 g/mol. The fourth-order valence-electron chi connectivity index (χ4n) is 3.20. The van der Waals surface area contributed by atoms with Crippen LogP contribution < -0.4 is 4.90 Å². The summed E-state index contributed by atoms with van der Waals surface area (Å²) in [5.74, 6) is -0.447. The standard InChI is InChI=1S/C24H17ClFNO/c1-16-13-21(11-12-22(16)26)27-23(18-5-3-2-4-6-18)15-19(24(27)28)14-17-7-9-20(25)10-8-17/h2-15H,1H3/b19-14+. The van der Waals surface area contributed by atoms with E-state index in [0.717, 1.165) is 16.8 Å². The van der Waals surface area contributed by atoms with E-state index in [9.17, 15) is 9.18 Å². The minimum atomic E-state index is -0.294. The smallest absolute Gasteiger partial charge is 0.262 e. The molecule has 4 rings (SSSR count). The van der Waals surface area contributed by atoms with Crippen LogP contribution in [0.4, 0.5) is 10.1 Å². The summed E-state index contributed by atoms with van der Waals surface area (Å²) in [4.78, 5) is 14.9. The zero-order valence-electron chi connectivity index (χ0n) is 15.2. The van der Waals surface area contributed by atoms with Gasteiger partial charge >= 0.3 is 0 Å². The topological polar surface area (TPSA) is 20.3 Å². The van der Waals surface area contributed by atoms with Gasteiger partial charge in [0.15, 0.2) is 0 Å².